The summed E-state index contributed by atoms with van der Waals surface area (Å²) in [5.41, 5.74) is 2.51. The molecule has 1 aliphatic carbocycles. The molecule has 114 valence electrons. The molecule has 0 bridgehead atoms. The van der Waals surface area contributed by atoms with Crippen LogP contribution in [0.5, 0.6) is 0 Å². The highest BCUT2D eigenvalue weighted by Gasteiger charge is 2.33. The van der Waals surface area contributed by atoms with Crippen molar-refractivity contribution in [1.82, 2.24) is 15.5 Å². The van der Waals surface area contributed by atoms with Crippen molar-refractivity contribution < 1.29 is 4.79 Å². The maximum atomic E-state index is 12.3. The van der Waals surface area contributed by atoms with Crippen molar-refractivity contribution in [2.75, 3.05) is 32.7 Å². The molecule has 0 spiro atoms. The minimum Gasteiger partial charge on any atom is -0.348 e. The van der Waals surface area contributed by atoms with Crippen molar-refractivity contribution in [3.63, 3.8) is 0 Å². The van der Waals surface area contributed by atoms with Crippen molar-refractivity contribution >= 4 is 5.91 Å². The van der Waals surface area contributed by atoms with Gasteiger partial charge < -0.3 is 10.6 Å². The van der Waals surface area contributed by atoms with E-state index < -0.39 is 0 Å². The summed E-state index contributed by atoms with van der Waals surface area (Å²) >= 11 is 0. The maximum absolute atomic E-state index is 12.3. The molecular formula is C17H25N3O. The molecule has 2 N–H and O–H groups in total. The standard InChI is InChI=1S/C17H25N3O/c1-13-2-4-14(5-3-13)17(15-6-7-15)19-16(21)12-20-10-8-18-9-11-20/h2-5,15,17-18H,6-12H2,1H3,(H,19,21). The topological polar surface area (TPSA) is 44.4 Å². The van der Waals surface area contributed by atoms with Gasteiger partial charge in [0.2, 0.25) is 5.91 Å². The molecule has 1 atom stereocenters. The highest BCUT2D eigenvalue weighted by atomic mass is 16.2. The summed E-state index contributed by atoms with van der Waals surface area (Å²) in [6.45, 7) is 6.52. The lowest BCUT2D eigenvalue weighted by Crippen LogP contribution is -2.48. The van der Waals surface area contributed by atoms with E-state index in [0.717, 1.165) is 26.2 Å². The summed E-state index contributed by atoms with van der Waals surface area (Å²) in [4.78, 5) is 14.5. The molecule has 3 rings (SSSR count). The molecule has 4 nitrogen and oxygen atoms in total. The van der Waals surface area contributed by atoms with Crippen molar-refractivity contribution in [1.29, 1.82) is 0 Å². The summed E-state index contributed by atoms with van der Waals surface area (Å²) in [7, 11) is 0. The fourth-order valence-electron chi connectivity index (χ4n) is 2.97. The third-order valence-electron chi connectivity index (χ3n) is 4.42. The second kappa shape index (κ2) is 6.58. The fraction of sp³-hybridized carbons (Fsp3) is 0.588. The number of hydrogen-bond acceptors (Lipinski definition) is 3. The zero-order valence-corrected chi connectivity index (χ0v) is 12.8. The van der Waals surface area contributed by atoms with Gasteiger partial charge in [-0.1, -0.05) is 29.8 Å². The maximum Gasteiger partial charge on any atom is 0.234 e. The molecule has 1 saturated carbocycles. The first-order valence-electron chi connectivity index (χ1n) is 8.01. The zero-order chi connectivity index (χ0) is 14.7. The van der Waals surface area contributed by atoms with Crippen LogP contribution in [-0.4, -0.2) is 43.5 Å². The molecule has 1 aliphatic heterocycles. The molecular weight excluding hydrogens is 262 g/mol. The lowest BCUT2D eigenvalue weighted by atomic mass is 10.0. The van der Waals surface area contributed by atoms with Gasteiger partial charge in [-0.05, 0) is 31.2 Å². The van der Waals surface area contributed by atoms with Gasteiger partial charge in [-0.15, -0.1) is 0 Å². The molecule has 1 saturated heterocycles. The van der Waals surface area contributed by atoms with Crippen LogP contribution in [0.4, 0.5) is 0 Å². The quantitative estimate of drug-likeness (QED) is 0.862. The number of aryl methyl sites for hydroxylation is 1. The average molecular weight is 287 g/mol. The van der Waals surface area contributed by atoms with Crippen LogP contribution in [0.3, 0.4) is 0 Å². The monoisotopic (exact) mass is 287 g/mol. The number of benzene rings is 1. The number of nitrogens with one attached hydrogen (secondary N) is 2. The summed E-state index contributed by atoms with van der Waals surface area (Å²) in [6, 6.07) is 8.77. The Hall–Kier alpha value is -1.39. The Bertz CT molecular complexity index is 475. The van der Waals surface area contributed by atoms with Gasteiger partial charge in [-0.25, -0.2) is 0 Å². The Balaban J connectivity index is 1.59. The van der Waals surface area contributed by atoms with Crippen LogP contribution in [0.25, 0.3) is 0 Å². The first kappa shape index (κ1) is 14.5. The number of hydrogen-bond donors (Lipinski definition) is 2. The highest BCUT2D eigenvalue weighted by molar-refractivity contribution is 5.78. The van der Waals surface area contributed by atoms with E-state index in [-0.39, 0.29) is 11.9 Å². The molecule has 1 aromatic rings. The molecule has 4 heteroatoms. The number of rotatable bonds is 5. The second-order valence-corrected chi connectivity index (χ2v) is 6.32. The van der Waals surface area contributed by atoms with Crippen LogP contribution in [0.2, 0.25) is 0 Å². The van der Waals surface area contributed by atoms with E-state index in [2.05, 4.69) is 46.7 Å². The van der Waals surface area contributed by atoms with Crippen LogP contribution < -0.4 is 10.6 Å². The summed E-state index contributed by atoms with van der Waals surface area (Å²) < 4.78 is 0. The molecule has 1 aromatic carbocycles. The van der Waals surface area contributed by atoms with E-state index in [1.165, 1.54) is 24.0 Å². The minimum atomic E-state index is 0.161. The molecule has 0 radical (unpaired) electrons. The van der Waals surface area contributed by atoms with Gasteiger partial charge in [-0.3, -0.25) is 9.69 Å². The Morgan fingerprint density at radius 3 is 2.57 bits per heavy atom. The van der Waals surface area contributed by atoms with E-state index >= 15 is 0 Å². The van der Waals surface area contributed by atoms with Crippen LogP contribution in [-0.2, 0) is 4.79 Å². The average Bonchev–Trinajstić information content (AvgIpc) is 3.31. The largest absolute Gasteiger partial charge is 0.348 e. The van der Waals surface area contributed by atoms with Gasteiger partial charge in [0.1, 0.15) is 0 Å². The molecule has 21 heavy (non-hydrogen) atoms. The molecule has 0 aromatic heterocycles. The molecule has 1 amide bonds. The number of piperazine rings is 1. The highest BCUT2D eigenvalue weighted by Crippen LogP contribution is 2.41. The van der Waals surface area contributed by atoms with Crippen molar-refractivity contribution in [2.45, 2.75) is 25.8 Å². The lowest BCUT2D eigenvalue weighted by Gasteiger charge is -2.27. The number of carbonyl (C=O) groups excluding carboxylic acids is 1. The van der Waals surface area contributed by atoms with E-state index in [4.69, 9.17) is 0 Å². The predicted molar refractivity (Wildman–Crippen MR) is 84.1 cm³/mol. The zero-order valence-electron chi connectivity index (χ0n) is 12.8. The lowest BCUT2D eigenvalue weighted by molar-refractivity contribution is -0.123. The Kier molecular flexibility index (Phi) is 4.56. The minimum absolute atomic E-state index is 0.161. The Labute approximate surface area is 126 Å². The second-order valence-electron chi connectivity index (χ2n) is 6.32. The van der Waals surface area contributed by atoms with Gasteiger partial charge in [-0.2, -0.15) is 0 Å². The van der Waals surface area contributed by atoms with Crippen molar-refractivity contribution in [3.05, 3.63) is 35.4 Å². The Morgan fingerprint density at radius 2 is 1.95 bits per heavy atom. The fourth-order valence-corrected chi connectivity index (χ4v) is 2.97. The van der Waals surface area contributed by atoms with Gasteiger partial charge in [0.25, 0.3) is 0 Å². The van der Waals surface area contributed by atoms with Crippen molar-refractivity contribution in [2.24, 2.45) is 5.92 Å². The van der Waals surface area contributed by atoms with Gasteiger partial charge in [0, 0.05) is 26.2 Å². The van der Waals surface area contributed by atoms with E-state index in [0.29, 0.717) is 12.5 Å². The molecule has 1 heterocycles. The van der Waals surface area contributed by atoms with Crippen LogP contribution in [0.1, 0.15) is 30.0 Å². The normalized spacial score (nSPS) is 21.0. The number of nitrogens with zero attached hydrogens (tertiary/aromatic N) is 1. The van der Waals surface area contributed by atoms with Gasteiger partial charge >= 0.3 is 0 Å². The van der Waals surface area contributed by atoms with Crippen LogP contribution >= 0.6 is 0 Å². The van der Waals surface area contributed by atoms with E-state index in [9.17, 15) is 4.79 Å². The first-order valence-corrected chi connectivity index (χ1v) is 8.01. The Morgan fingerprint density at radius 1 is 1.29 bits per heavy atom. The summed E-state index contributed by atoms with van der Waals surface area (Å²) in [5, 5.41) is 6.58. The summed E-state index contributed by atoms with van der Waals surface area (Å²) in [5.74, 6) is 0.786. The smallest absolute Gasteiger partial charge is 0.234 e. The van der Waals surface area contributed by atoms with Crippen molar-refractivity contribution in [3.8, 4) is 0 Å². The predicted octanol–water partition coefficient (Wildman–Crippen LogP) is 1.47. The van der Waals surface area contributed by atoms with Crippen LogP contribution in [0.15, 0.2) is 24.3 Å². The van der Waals surface area contributed by atoms with E-state index in [1.807, 2.05) is 0 Å². The number of carbonyl (C=O) groups is 1. The third kappa shape index (κ3) is 4.05. The van der Waals surface area contributed by atoms with E-state index in [1.54, 1.807) is 0 Å². The SMILES string of the molecule is Cc1ccc(C(NC(=O)CN2CCNCC2)C2CC2)cc1. The van der Waals surface area contributed by atoms with Crippen LogP contribution in [0, 0.1) is 12.8 Å². The molecule has 2 aliphatic rings. The molecule has 1 unspecified atom stereocenters. The third-order valence-corrected chi connectivity index (χ3v) is 4.42. The first-order chi connectivity index (χ1) is 10.2. The van der Waals surface area contributed by atoms with Gasteiger partial charge in [0.05, 0.1) is 12.6 Å². The van der Waals surface area contributed by atoms with Gasteiger partial charge in [0.15, 0.2) is 0 Å². The summed E-state index contributed by atoms with van der Waals surface area (Å²) in [6.07, 6.45) is 2.46. The molecule has 2 fully saturated rings. The number of amides is 1.